The lowest BCUT2D eigenvalue weighted by atomic mass is 10.1. The second kappa shape index (κ2) is 3.20. The van der Waals surface area contributed by atoms with Crippen molar-refractivity contribution in [1.82, 2.24) is 10.9 Å². The van der Waals surface area contributed by atoms with E-state index in [4.69, 9.17) is 0 Å². The predicted octanol–water partition coefficient (Wildman–Crippen LogP) is 0.374. The lowest BCUT2D eigenvalue weighted by molar-refractivity contribution is -0.121. The topological polar surface area (TPSA) is 53.5 Å². The SMILES string of the molecule is CCC(=O)NNC1=NC2C=CC1C2. The third-order valence-electron chi connectivity index (χ3n) is 2.37. The van der Waals surface area contributed by atoms with Gasteiger partial charge in [-0.15, -0.1) is 0 Å². The zero-order valence-corrected chi connectivity index (χ0v) is 7.58. The van der Waals surface area contributed by atoms with Crippen LogP contribution in [-0.2, 0) is 4.79 Å². The average Bonchev–Trinajstić information content (AvgIpc) is 2.74. The van der Waals surface area contributed by atoms with Crippen LogP contribution in [0, 0.1) is 5.92 Å². The Morgan fingerprint density at radius 3 is 3.08 bits per heavy atom. The van der Waals surface area contributed by atoms with Gasteiger partial charge in [-0.25, -0.2) is 0 Å². The first-order valence-electron chi connectivity index (χ1n) is 4.60. The molecule has 0 aromatic heterocycles. The lowest BCUT2D eigenvalue weighted by Gasteiger charge is -2.11. The largest absolute Gasteiger partial charge is 0.285 e. The number of amidine groups is 1. The van der Waals surface area contributed by atoms with E-state index >= 15 is 0 Å². The molecule has 2 N–H and O–H groups in total. The van der Waals surface area contributed by atoms with Crippen molar-refractivity contribution in [3.05, 3.63) is 12.2 Å². The second-order valence-electron chi connectivity index (χ2n) is 3.34. The molecular weight excluding hydrogens is 166 g/mol. The van der Waals surface area contributed by atoms with Gasteiger partial charge < -0.3 is 0 Å². The summed E-state index contributed by atoms with van der Waals surface area (Å²) in [5.41, 5.74) is 5.47. The zero-order valence-electron chi connectivity index (χ0n) is 7.58. The molecule has 2 bridgehead atoms. The Kier molecular flexibility index (Phi) is 2.04. The Balaban J connectivity index is 1.84. The van der Waals surface area contributed by atoms with Gasteiger partial charge in [0.05, 0.1) is 6.04 Å². The highest BCUT2D eigenvalue weighted by molar-refractivity contribution is 5.91. The summed E-state index contributed by atoms with van der Waals surface area (Å²) in [6.45, 7) is 1.82. The molecule has 1 amide bonds. The number of rotatable bonds is 1. The summed E-state index contributed by atoms with van der Waals surface area (Å²) in [5, 5.41) is 0. The average molecular weight is 179 g/mol. The van der Waals surface area contributed by atoms with E-state index in [1.807, 2.05) is 6.92 Å². The van der Waals surface area contributed by atoms with E-state index in [0.717, 1.165) is 12.3 Å². The Morgan fingerprint density at radius 2 is 2.54 bits per heavy atom. The van der Waals surface area contributed by atoms with Gasteiger partial charge in [0, 0.05) is 12.3 Å². The summed E-state index contributed by atoms with van der Waals surface area (Å²) in [6.07, 6.45) is 5.80. The van der Waals surface area contributed by atoms with Gasteiger partial charge in [-0.05, 0) is 6.42 Å². The number of dihydropyridines is 1. The van der Waals surface area contributed by atoms with Crippen LogP contribution in [0.15, 0.2) is 17.1 Å². The Bertz CT molecular complexity index is 283. The van der Waals surface area contributed by atoms with Crippen molar-refractivity contribution in [2.75, 3.05) is 0 Å². The van der Waals surface area contributed by atoms with Crippen LogP contribution >= 0.6 is 0 Å². The molecule has 1 heterocycles. The molecule has 4 heteroatoms. The molecule has 0 fully saturated rings. The summed E-state index contributed by atoms with van der Waals surface area (Å²) < 4.78 is 0. The van der Waals surface area contributed by atoms with Gasteiger partial charge in [0.1, 0.15) is 5.84 Å². The first-order valence-corrected chi connectivity index (χ1v) is 4.60. The number of fused-ring (bicyclic) bond motifs is 2. The quantitative estimate of drug-likeness (QED) is 0.451. The van der Waals surface area contributed by atoms with Gasteiger partial charge in [0.2, 0.25) is 5.91 Å². The molecule has 0 radical (unpaired) electrons. The summed E-state index contributed by atoms with van der Waals surface area (Å²) in [5.74, 6) is 1.28. The highest BCUT2D eigenvalue weighted by Gasteiger charge is 2.29. The Labute approximate surface area is 77.1 Å². The minimum absolute atomic E-state index is 0.00514. The van der Waals surface area contributed by atoms with E-state index in [1.165, 1.54) is 0 Å². The molecule has 2 atom stereocenters. The Hall–Kier alpha value is -1.32. The lowest BCUT2D eigenvalue weighted by Crippen LogP contribution is -2.43. The number of carbonyl (C=O) groups excluding carboxylic acids is 1. The molecule has 1 aliphatic carbocycles. The van der Waals surface area contributed by atoms with Crippen molar-refractivity contribution >= 4 is 11.7 Å². The van der Waals surface area contributed by atoms with Crippen LogP contribution in [-0.4, -0.2) is 17.8 Å². The fourth-order valence-electron chi connectivity index (χ4n) is 1.60. The van der Waals surface area contributed by atoms with Crippen molar-refractivity contribution in [3.63, 3.8) is 0 Å². The van der Waals surface area contributed by atoms with Crippen molar-refractivity contribution in [2.24, 2.45) is 10.9 Å². The molecule has 2 unspecified atom stereocenters. The maximum absolute atomic E-state index is 10.9. The molecule has 4 nitrogen and oxygen atoms in total. The molecule has 2 aliphatic rings. The number of amides is 1. The predicted molar refractivity (Wildman–Crippen MR) is 50.0 cm³/mol. The summed E-state index contributed by atoms with van der Waals surface area (Å²) in [6, 6.07) is 0.339. The maximum atomic E-state index is 10.9. The molecule has 0 aromatic rings. The van der Waals surface area contributed by atoms with E-state index < -0.39 is 0 Å². The first-order chi connectivity index (χ1) is 6.29. The van der Waals surface area contributed by atoms with Crippen molar-refractivity contribution < 1.29 is 4.79 Å². The van der Waals surface area contributed by atoms with E-state index in [1.54, 1.807) is 0 Å². The monoisotopic (exact) mass is 179 g/mol. The smallest absolute Gasteiger partial charge is 0.238 e. The number of hydrazine groups is 1. The van der Waals surface area contributed by atoms with Crippen LogP contribution in [0.25, 0.3) is 0 Å². The minimum atomic E-state index is -0.00514. The molecule has 13 heavy (non-hydrogen) atoms. The van der Waals surface area contributed by atoms with Crippen molar-refractivity contribution in [1.29, 1.82) is 0 Å². The molecule has 0 saturated carbocycles. The van der Waals surface area contributed by atoms with Gasteiger partial charge in [-0.3, -0.25) is 20.6 Å². The van der Waals surface area contributed by atoms with E-state index in [-0.39, 0.29) is 5.91 Å². The number of hydrogen-bond acceptors (Lipinski definition) is 3. The normalized spacial score (nSPS) is 28.8. The van der Waals surface area contributed by atoms with E-state index in [2.05, 4.69) is 28.0 Å². The molecule has 0 spiro atoms. The molecule has 70 valence electrons. The summed E-state index contributed by atoms with van der Waals surface area (Å²) >= 11 is 0. The number of nitrogens with zero attached hydrogens (tertiary/aromatic N) is 1. The third-order valence-corrected chi connectivity index (χ3v) is 2.37. The third kappa shape index (κ3) is 1.56. The molecule has 2 rings (SSSR count). The molecule has 0 aromatic carbocycles. The zero-order chi connectivity index (χ0) is 9.26. The van der Waals surface area contributed by atoms with Crippen molar-refractivity contribution in [3.8, 4) is 0 Å². The number of hydrogen-bond donors (Lipinski definition) is 2. The van der Waals surface area contributed by atoms with E-state index in [0.29, 0.717) is 18.4 Å². The summed E-state index contributed by atoms with van der Waals surface area (Å²) in [7, 11) is 0. The van der Waals surface area contributed by atoms with Crippen LogP contribution in [0.2, 0.25) is 0 Å². The standard InChI is InChI=1S/C9H13N3O/c1-2-8(13)11-12-9-6-3-4-7(5-6)10-9/h3-4,6-7H,2,5H2,1H3,(H,10,12)(H,11,13). The maximum Gasteiger partial charge on any atom is 0.238 e. The van der Waals surface area contributed by atoms with Crippen LogP contribution in [0.1, 0.15) is 19.8 Å². The van der Waals surface area contributed by atoms with E-state index in [9.17, 15) is 4.79 Å². The van der Waals surface area contributed by atoms with Crippen LogP contribution in [0.3, 0.4) is 0 Å². The van der Waals surface area contributed by atoms with Crippen molar-refractivity contribution in [2.45, 2.75) is 25.8 Å². The molecule has 1 aliphatic heterocycles. The minimum Gasteiger partial charge on any atom is -0.285 e. The molecule has 0 saturated heterocycles. The van der Waals surface area contributed by atoms with Gasteiger partial charge >= 0.3 is 0 Å². The van der Waals surface area contributed by atoms with Gasteiger partial charge in [-0.2, -0.15) is 0 Å². The van der Waals surface area contributed by atoms with Gasteiger partial charge in [-0.1, -0.05) is 19.1 Å². The number of nitrogens with one attached hydrogen (secondary N) is 2. The fourth-order valence-corrected chi connectivity index (χ4v) is 1.60. The van der Waals surface area contributed by atoms with Gasteiger partial charge in [0.15, 0.2) is 0 Å². The number of carbonyl (C=O) groups is 1. The van der Waals surface area contributed by atoms with Crippen LogP contribution in [0.5, 0.6) is 0 Å². The van der Waals surface area contributed by atoms with Gasteiger partial charge in [0.25, 0.3) is 0 Å². The second-order valence-corrected chi connectivity index (χ2v) is 3.34. The van der Waals surface area contributed by atoms with Crippen LogP contribution < -0.4 is 10.9 Å². The van der Waals surface area contributed by atoms with Crippen LogP contribution in [0.4, 0.5) is 0 Å². The highest BCUT2D eigenvalue weighted by atomic mass is 16.2. The molecular formula is C9H13N3O. The Morgan fingerprint density at radius 1 is 1.69 bits per heavy atom. The first kappa shape index (κ1) is 8.29. The number of aliphatic imine (C=N–C) groups is 1. The summed E-state index contributed by atoms with van der Waals surface area (Å²) in [4.78, 5) is 15.3. The highest BCUT2D eigenvalue weighted by Crippen LogP contribution is 2.27. The fraction of sp³-hybridized carbons (Fsp3) is 0.556.